The molecule has 3 nitrogen and oxygen atoms in total. The van der Waals surface area contributed by atoms with E-state index in [0.717, 1.165) is 15.6 Å². The summed E-state index contributed by atoms with van der Waals surface area (Å²) in [4.78, 5) is 17.9. The molecule has 5 rings (SSSR count). The molecule has 0 fully saturated rings. The van der Waals surface area contributed by atoms with Crippen molar-refractivity contribution in [1.82, 2.24) is 4.98 Å². The van der Waals surface area contributed by atoms with Gasteiger partial charge in [0.25, 0.3) is 14.1 Å². The van der Waals surface area contributed by atoms with Gasteiger partial charge in [-0.15, -0.1) is 0 Å². The van der Waals surface area contributed by atoms with Crippen LogP contribution in [0.2, 0.25) is 0 Å². The first-order chi connectivity index (χ1) is 17.7. The Balaban J connectivity index is 1.75. The molecule has 5 aromatic carbocycles. The molecular formula is C32H27NO2Si. The van der Waals surface area contributed by atoms with E-state index in [0.29, 0.717) is 11.1 Å². The van der Waals surface area contributed by atoms with Gasteiger partial charge in [-0.25, -0.2) is 0 Å². The summed E-state index contributed by atoms with van der Waals surface area (Å²) in [6.45, 7) is 0. The highest BCUT2D eigenvalue weighted by Crippen LogP contribution is 2.30. The summed E-state index contributed by atoms with van der Waals surface area (Å²) in [5.74, 6) is -0.455. The number of rotatable bonds is 7. The van der Waals surface area contributed by atoms with Gasteiger partial charge in [-0.05, 0) is 26.7 Å². The summed E-state index contributed by atoms with van der Waals surface area (Å²) in [5.41, 5.74) is -0.837. The molecule has 0 saturated carbocycles. The van der Waals surface area contributed by atoms with Crippen LogP contribution in [0.4, 0.5) is 0 Å². The van der Waals surface area contributed by atoms with E-state index < -0.39 is 19.7 Å². The predicted octanol–water partition coefficient (Wildman–Crippen LogP) is 3.71. The normalized spacial score (nSPS) is 11.6. The van der Waals surface area contributed by atoms with Gasteiger partial charge in [-0.2, -0.15) is 0 Å². The number of amides is 1. The Morgan fingerprint density at radius 1 is 0.500 bits per heavy atom. The minimum atomic E-state index is -3.12. The monoisotopic (exact) mass is 485 g/mol. The summed E-state index contributed by atoms with van der Waals surface area (Å²) >= 11 is 0. The summed E-state index contributed by atoms with van der Waals surface area (Å²) in [7, 11) is -3.12. The number of carbonyl (C=O) groups is 1. The SMILES string of the molecule is O=C(N[Si](c1ccccc1)(c1ccccc1)c1ccccc1)C(O)(c1ccccc1)c1ccccc1. The minimum Gasteiger partial charge on any atom is -0.372 e. The van der Waals surface area contributed by atoms with Crippen molar-refractivity contribution in [3.05, 3.63) is 163 Å². The van der Waals surface area contributed by atoms with Gasteiger partial charge < -0.3 is 10.1 Å². The van der Waals surface area contributed by atoms with Gasteiger partial charge in [0, 0.05) is 0 Å². The molecule has 0 unspecified atom stereocenters. The average molecular weight is 486 g/mol. The fraction of sp³-hybridized carbons (Fsp3) is 0.0312. The van der Waals surface area contributed by atoms with Crippen molar-refractivity contribution < 1.29 is 9.90 Å². The van der Waals surface area contributed by atoms with Crippen molar-refractivity contribution in [2.75, 3.05) is 0 Å². The Morgan fingerprint density at radius 2 is 0.778 bits per heavy atom. The van der Waals surface area contributed by atoms with Gasteiger partial charge in [-0.1, -0.05) is 152 Å². The second-order valence-corrected chi connectivity index (χ2v) is 12.2. The summed E-state index contributed by atoms with van der Waals surface area (Å²) < 4.78 is 0. The van der Waals surface area contributed by atoms with Gasteiger partial charge in [0.05, 0.1) is 0 Å². The molecule has 0 saturated heterocycles. The molecule has 1 amide bonds. The number of hydrogen-bond acceptors (Lipinski definition) is 2. The van der Waals surface area contributed by atoms with E-state index in [1.165, 1.54) is 0 Å². The molecule has 0 atom stereocenters. The molecule has 4 heteroatoms. The highest BCUT2D eigenvalue weighted by Gasteiger charge is 2.48. The van der Waals surface area contributed by atoms with E-state index in [9.17, 15) is 9.90 Å². The quantitative estimate of drug-likeness (QED) is 0.273. The lowest BCUT2D eigenvalue weighted by atomic mass is 9.86. The van der Waals surface area contributed by atoms with Crippen molar-refractivity contribution in [3.8, 4) is 0 Å². The van der Waals surface area contributed by atoms with Crippen molar-refractivity contribution in [2.24, 2.45) is 0 Å². The van der Waals surface area contributed by atoms with Gasteiger partial charge in [0.1, 0.15) is 0 Å². The second kappa shape index (κ2) is 10.2. The maximum Gasteiger partial charge on any atom is 0.254 e. The Bertz CT molecular complexity index is 1270. The number of benzene rings is 5. The first kappa shape index (κ1) is 23.5. The molecule has 0 aliphatic carbocycles. The summed E-state index contributed by atoms with van der Waals surface area (Å²) in [5, 5.41) is 15.3. The highest BCUT2D eigenvalue weighted by atomic mass is 28.3. The molecule has 0 bridgehead atoms. The maximum atomic E-state index is 14.5. The highest BCUT2D eigenvalue weighted by molar-refractivity contribution is 7.10. The number of hydrogen-bond donors (Lipinski definition) is 2. The fourth-order valence-electron chi connectivity index (χ4n) is 4.83. The smallest absolute Gasteiger partial charge is 0.254 e. The van der Waals surface area contributed by atoms with Gasteiger partial charge in [-0.3, -0.25) is 4.79 Å². The van der Waals surface area contributed by atoms with Crippen LogP contribution in [0.25, 0.3) is 0 Å². The van der Waals surface area contributed by atoms with Crippen molar-refractivity contribution in [1.29, 1.82) is 0 Å². The van der Waals surface area contributed by atoms with E-state index in [4.69, 9.17) is 0 Å². The lowest BCUT2D eigenvalue weighted by molar-refractivity contribution is -0.134. The predicted molar refractivity (Wildman–Crippen MR) is 148 cm³/mol. The zero-order chi connectivity index (χ0) is 24.8. The van der Waals surface area contributed by atoms with E-state index >= 15 is 0 Å². The Kier molecular flexibility index (Phi) is 6.63. The fourth-order valence-corrected chi connectivity index (χ4v) is 8.86. The van der Waals surface area contributed by atoms with Crippen molar-refractivity contribution >= 4 is 29.7 Å². The molecular weight excluding hydrogens is 458 g/mol. The van der Waals surface area contributed by atoms with Crippen LogP contribution in [0, 0.1) is 0 Å². The molecule has 36 heavy (non-hydrogen) atoms. The van der Waals surface area contributed by atoms with Gasteiger partial charge >= 0.3 is 0 Å². The van der Waals surface area contributed by atoms with E-state index in [-0.39, 0.29) is 0 Å². The number of nitrogens with one attached hydrogen (secondary N) is 1. The third kappa shape index (κ3) is 4.17. The van der Waals surface area contributed by atoms with Crippen LogP contribution in [0.15, 0.2) is 152 Å². The molecule has 0 heterocycles. The molecule has 176 valence electrons. The van der Waals surface area contributed by atoms with Gasteiger partial charge in [0.15, 0.2) is 5.60 Å². The zero-order valence-electron chi connectivity index (χ0n) is 19.8. The third-order valence-electron chi connectivity index (χ3n) is 6.63. The average Bonchev–Trinajstić information content (AvgIpc) is 2.97. The Labute approximate surface area is 212 Å². The molecule has 0 aromatic heterocycles. The van der Waals surface area contributed by atoms with Crippen LogP contribution in [0.5, 0.6) is 0 Å². The first-order valence-corrected chi connectivity index (χ1v) is 14.0. The molecule has 2 N–H and O–H groups in total. The molecule has 0 radical (unpaired) electrons. The number of aliphatic hydroxyl groups is 1. The van der Waals surface area contributed by atoms with Crippen LogP contribution < -0.4 is 20.5 Å². The zero-order valence-corrected chi connectivity index (χ0v) is 20.8. The summed E-state index contributed by atoms with van der Waals surface area (Å²) in [6.07, 6.45) is 0. The van der Waals surface area contributed by atoms with Crippen LogP contribution in [-0.4, -0.2) is 19.2 Å². The van der Waals surface area contributed by atoms with E-state index in [2.05, 4.69) is 41.4 Å². The largest absolute Gasteiger partial charge is 0.372 e. The van der Waals surface area contributed by atoms with Crippen LogP contribution in [-0.2, 0) is 10.4 Å². The standard InChI is InChI=1S/C32H27NO2Si/c34-31(32(35,26-16-6-1-7-17-26)27-18-8-2-9-19-27)33-36(28-20-10-3-11-21-28,29-22-12-4-13-23-29)30-24-14-5-15-25-30/h1-25,35H,(H,33,34). The second-order valence-electron chi connectivity index (χ2n) is 8.74. The number of carbonyl (C=O) groups excluding carboxylic acids is 1. The van der Waals surface area contributed by atoms with Gasteiger partial charge in [0.2, 0.25) is 0 Å². The third-order valence-corrected chi connectivity index (χ3v) is 10.8. The minimum absolute atomic E-state index is 0.455. The van der Waals surface area contributed by atoms with E-state index in [1.54, 1.807) is 24.3 Å². The molecule has 0 aliphatic heterocycles. The van der Waals surface area contributed by atoms with E-state index in [1.807, 2.05) is 91.0 Å². The Hall–Kier alpha value is -4.25. The molecule has 0 spiro atoms. The molecule has 5 aromatic rings. The van der Waals surface area contributed by atoms with Crippen LogP contribution >= 0.6 is 0 Å². The maximum absolute atomic E-state index is 14.5. The lowest BCUT2D eigenvalue weighted by Crippen LogP contribution is -2.78. The lowest BCUT2D eigenvalue weighted by Gasteiger charge is -2.38. The van der Waals surface area contributed by atoms with Crippen LogP contribution in [0.1, 0.15) is 11.1 Å². The molecule has 0 aliphatic rings. The van der Waals surface area contributed by atoms with Crippen molar-refractivity contribution in [2.45, 2.75) is 5.60 Å². The van der Waals surface area contributed by atoms with Crippen LogP contribution in [0.3, 0.4) is 0 Å². The summed E-state index contributed by atoms with van der Waals surface area (Å²) in [6, 6.07) is 48.6. The topological polar surface area (TPSA) is 49.3 Å². The van der Waals surface area contributed by atoms with Crippen molar-refractivity contribution in [3.63, 3.8) is 0 Å². The Morgan fingerprint density at radius 3 is 1.08 bits per heavy atom. The first-order valence-electron chi connectivity index (χ1n) is 12.0.